The fourth-order valence-corrected chi connectivity index (χ4v) is 4.39. The van der Waals surface area contributed by atoms with E-state index >= 15 is 0 Å². The quantitative estimate of drug-likeness (QED) is 0.362. The van der Waals surface area contributed by atoms with Gasteiger partial charge in [0.25, 0.3) is 0 Å². The molecule has 11 heteroatoms. The molecule has 11 nitrogen and oxygen atoms in total. The molecule has 2 aromatic heterocycles. The molecule has 0 radical (unpaired) electrons. The van der Waals surface area contributed by atoms with Gasteiger partial charge in [-0.05, 0) is 43.1 Å². The maximum atomic E-state index is 12.4. The minimum atomic E-state index is -1.73. The fourth-order valence-electron chi connectivity index (χ4n) is 4.39. The summed E-state index contributed by atoms with van der Waals surface area (Å²) in [6.07, 6.45) is 1.82. The molecule has 0 bridgehead atoms. The number of carbonyl (C=O) groups is 1. The molecular weight excluding hydrogens is 462 g/mol. The number of nitrogens with one attached hydrogen (secondary N) is 1. The maximum Gasteiger partial charge on any atom is 0.224 e. The predicted octanol–water partition coefficient (Wildman–Crippen LogP) is 1.46. The van der Waals surface area contributed by atoms with Crippen LogP contribution < -0.4 is 11.1 Å². The first-order chi connectivity index (χ1) is 17.0. The number of ether oxygens (including phenoxy) is 1. The number of anilines is 2. The highest BCUT2D eigenvalue weighted by Crippen LogP contribution is 2.32. The molecule has 4 rings (SSSR count). The number of amides is 1. The molecule has 3 heterocycles. The number of benzene rings is 1. The number of fused-ring (bicyclic) bond motifs is 1. The molecule has 3 aromatic rings. The molecule has 36 heavy (non-hydrogen) atoms. The molecule has 0 saturated carbocycles. The number of aliphatic hydroxyl groups excluding tert-OH is 1. The lowest BCUT2D eigenvalue weighted by molar-refractivity contribution is -0.116. The number of nitrogens with two attached hydrogens (primary N) is 1. The summed E-state index contributed by atoms with van der Waals surface area (Å²) >= 11 is 0. The van der Waals surface area contributed by atoms with Crippen molar-refractivity contribution in [2.24, 2.45) is 0 Å². The van der Waals surface area contributed by atoms with Crippen molar-refractivity contribution in [3.8, 4) is 0 Å². The SMILES string of the molecule is CN(CCCC(=O)Nc1ccc(C(C)(C)C)cc1)CC1OCC(O)(n2cnc3c(N)ncnc32)C1O. The first kappa shape index (κ1) is 26.0. The second kappa shape index (κ2) is 10.1. The second-order valence-corrected chi connectivity index (χ2v) is 10.5. The molecule has 194 valence electrons. The summed E-state index contributed by atoms with van der Waals surface area (Å²) in [5, 5.41) is 25.1. The summed E-state index contributed by atoms with van der Waals surface area (Å²) < 4.78 is 7.13. The lowest BCUT2D eigenvalue weighted by Gasteiger charge is -2.29. The number of hydrogen-bond acceptors (Lipinski definition) is 9. The molecule has 0 aliphatic carbocycles. The van der Waals surface area contributed by atoms with Gasteiger partial charge in [-0.1, -0.05) is 32.9 Å². The van der Waals surface area contributed by atoms with E-state index in [1.54, 1.807) is 0 Å². The van der Waals surface area contributed by atoms with Gasteiger partial charge in [-0.2, -0.15) is 0 Å². The van der Waals surface area contributed by atoms with Gasteiger partial charge in [0.05, 0.1) is 12.9 Å². The number of hydrogen-bond donors (Lipinski definition) is 4. The van der Waals surface area contributed by atoms with Crippen LogP contribution in [0, 0.1) is 0 Å². The van der Waals surface area contributed by atoms with Crippen molar-refractivity contribution in [1.29, 1.82) is 0 Å². The van der Waals surface area contributed by atoms with Crippen LogP contribution in [0.25, 0.3) is 11.2 Å². The van der Waals surface area contributed by atoms with E-state index in [0.29, 0.717) is 37.1 Å². The summed E-state index contributed by atoms with van der Waals surface area (Å²) in [5.41, 5.74) is 6.83. The Morgan fingerprint density at radius 3 is 2.69 bits per heavy atom. The molecular formula is C25H35N7O4. The van der Waals surface area contributed by atoms with Gasteiger partial charge in [0.15, 0.2) is 17.2 Å². The second-order valence-electron chi connectivity index (χ2n) is 10.5. The van der Waals surface area contributed by atoms with Crippen LogP contribution in [0.15, 0.2) is 36.9 Å². The van der Waals surface area contributed by atoms with Crippen LogP contribution in [0.4, 0.5) is 11.5 Å². The fraction of sp³-hybridized carbons (Fsp3) is 0.520. The topological polar surface area (TPSA) is 152 Å². The van der Waals surface area contributed by atoms with Crippen LogP contribution in [0.3, 0.4) is 0 Å². The van der Waals surface area contributed by atoms with Gasteiger partial charge in [0.1, 0.15) is 24.1 Å². The Hall–Kier alpha value is -3.12. The van der Waals surface area contributed by atoms with E-state index in [1.807, 2.05) is 36.2 Å². The molecule has 5 N–H and O–H groups in total. The monoisotopic (exact) mass is 497 g/mol. The highest BCUT2D eigenvalue weighted by molar-refractivity contribution is 5.90. The molecule has 1 saturated heterocycles. The summed E-state index contributed by atoms with van der Waals surface area (Å²) in [7, 11) is 1.89. The van der Waals surface area contributed by atoms with Crippen molar-refractivity contribution >= 4 is 28.6 Å². The van der Waals surface area contributed by atoms with Crippen LogP contribution in [-0.2, 0) is 20.7 Å². The average Bonchev–Trinajstić information content (AvgIpc) is 3.38. The van der Waals surface area contributed by atoms with Crippen molar-refractivity contribution in [2.75, 3.05) is 37.8 Å². The number of rotatable bonds is 8. The van der Waals surface area contributed by atoms with Crippen molar-refractivity contribution in [1.82, 2.24) is 24.4 Å². The van der Waals surface area contributed by atoms with Gasteiger partial charge in [-0.25, -0.2) is 15.0 Å². The number of carbonyl (C=O) groups excluding carboxylic acids is 1. The first-order valence-corrected chi connectivity index (χ1v) is 12.0. The van der Waals surface area contributed by atoms with Gasteiger partial charge in [0, 0.05) is 18.7 Å². The minimum Gasteiger partial charge on any atom is -0.385 e. The Kier molecular flexibility index (Phi) is 7.28. The number of aromatic nitrogens is 4. The van der Waals surface area contributed by atoms with Crippen molar-refractivity contribution in [3.05, 3.63) is 42.5 Å². The standard InChI is InChI=1S/C25H35N7O4/c1-24(2,3)16-7-9-17(10-8-16)30-19(33)6-5-11-31(4)12-18-21(34)25(35,13-36-18)32-15-29-20-22(26)27-14-28-23(20)32/h7-10,14-15,18,21,34-35H,5-6,11-13H2,1-4H3,(H,30,33)(H2,26,27,28). The molecule has 3 unspecified atom stereocenters. The van der Waals surface area contributed by atoms with E-state index in [9.17, 15) is 15.0 Å². The number of nitrogen functional groups attached to an aromatic ring is 1. The molecule has 3 atom stereocenters. The lowest BCUT2D eigenvalue weighted by atomic mass is 9.87. The number of imidazole rings is 1. The Bertz CT molecular complexity index is 1210. The molecule has 1 aliphatic rings. The Morgan fingerprint density at radius 1 is 1.28 bits per heavy atom. The third-order valence-electron chi connectivity index (χ3n) is 6.58. The Balaban J connectivity index is 1.26. The molecule has 1 amide bonds. The van der Waals surface area contributed by atoms with Gasteiger partial charge >= 0.3 is 0 Å². The van der Waals surface area contributed by atoms with E-state index in [1.165, 1.54) is 22.8 Å². The normalized spacial score (nSPS) is 22.4. The summed E-state index contributed by atoms with van der Waals surface area (Å²) in [5.74, 6) is 0.143. The van der Waals surface area contributed by atoms with Crippen LogP contribution in [0.2, 0.25) is 0 Å². The first-order valence-electron chi connectivity index (χ1n) is 12.0. The van der Waals surface area contributed by atoms with Crippen molar-refractivity contribution in [2.45, 2.75) is 57.0 Å². The largest absolute Gasteiger partial charge is 0.385 e. The van der Waals surface area contributed by atoms with E-state index in [0.717, 1.165) is 5.69 Å². The zero-order chi connectivity index (χ0) is 26.1. The third-order valence-corrected chi connectivity index (χ3v) is 6.58. The zero-order valence-electron chi connectivity index (χ0n) is 21.2. The van der Waals surface area contributed by atoms with Crippen LogP contribution in [-0.4, -0.2) is 79.5 Å². The molecule has 1 aromatic carbocycles. The van der Waals surface area contributed by atoms with E-state index in [4.69, 9.17) is 10.5 Å². The lowest BCUT2D eigenvalue weighted by Crippen LogP contribution is -2.48. The summed E-state index contributed by atoms with van der Waals surface area (Å²) in [6, 6.07) is 7.92. The van der Waals surface area contributed by atoms with Crippen LogP contribution in [0.5, 0.6) is 0 Å². The highest BCUT2D eigenvalue weighted by Gasteiger charge is 2.50. The maximum absolute atomic E-state index is 12.4. The van der Waals surface area contributed by atoms with Crippen molar-refractivity contribution < 1.29 is 19.7 Å². The van der Waals surface area contributed by atoms with Gasteiger partial charge < -0.3 is 30.9 Å². The van der Waals surface area contributed by atoms with Gasteiger partial charge in [-0.3, -0.25) is 9.36 Å². The van der Waals surface area contributed by atoms with Gasteiger partial charge in [-0.15, -0.1) is 0 Å². The predicted molar refractivity (Wildman–Crippen MR) is 136 cm³/mol. The molecule has 1 aliphatic heterocycles. The van der Waals surface area contributed by atoms with Crippen molar-refractivity contribution in [3.63, 3.8) is 0 Å². The van der Waals surface area contributed by atoms with E-state index < -0.39 is 17.9 Å². The zero-order valence-corrected chi connectivity index (χ0v) is 21.2. The summed E-state index contributed by atoms with van der Waals surface area (Å²) in [4.78, 5) is 26.6. The molecule has 0 spiro atoms. The Labute approximate surface area is 210 Å². The average molecular weight is 498 g/mol. The third kappa shape index (κ3) is 5.34. The van der Waals surface area contributed by atoms with E-state index in [-0.39, 0.29) is 23.7 Å². The van der Waals surface area contributed by atoms with Crippen LogP contribution in [0.1, 0.15) is 39.2 Å². The Morgan fingerprint density at radius 2 is 2.00 bits per heavy atom. The smallest absolute Gasteiger partial charge is 0.224 e. The minimum absolute atomic E-state index is 0.0494. The molecule has 1 fully saturated rings. The van der Waals surface area contributed by atoms with Gasteiger partial charge in [0.2, 0.25) is 5.91 Å². The van der Waals surface area contributed by atoms with Crippen LogP contribution >= 0.6 is 0 Å². The summed E-state index contributed by atoms with van der Waals surface area (Å²) in [6.45, 7) is 7.33. The highest BCUT2D eigenvalue weighted by atomic mass is 16.5. The number of likely N-dealkylation sites (N-methyl/N-ethyl adjacent to an activating group) is 1. The number of nitrogens with zero attached hydrogens (tertiary/aromatic N) is 5. The van der Waals surface area contributed by atoms with E-state index in [2.05, 4.69) is 41.0 Å². The number of aliphatic hydroxyl groups is 2.